The molecule has 0 spiro atoms. The van der Waals surface area contributed by atoms with Crippen LogP contribution in [-0.4, -0.2) is 59.9 Å². The van der Waals surface area contributed by atoms with Crippen LogP contribution in [0.1, 0.15) is 110 Å². The van der Waals surface area contributed by atoms with E-state index in [4.69, 9.17) is 0 Å². The predicted molar refractivity (Wildman–Crippen MR) is 107 cm³/mol. The van der Waals surface area contributed by atoms with E-state index < -0.39 is 17.4 Å². The first-order chi connectivity index (χ1) is 11.5. The Bertz CT molecular complexity index is 331. The molecule has 0 fully saturated rings. The average molecular weight is 385 g/mol. The van der Waals surface area contributed by atoms with Gasteiger partial charge in [-0.25, -0.2) is 0 Å². The molecule has 0 unspecified atom stereocenters. The molecule has 0 aromatic rings. The Balaban J connectivity index is 0. The SMILES string of the molecule is CCCCCCCCCCCCC(CCCCC)(C(=O)O)C(=O)O.[CaH2]. The van der Waals surface area contributed by atoms with Gasteiger partial charge in [0.15, 0.2) is 5.41 Å². The van der Waals surface area contributed by atoms with Crippen LogP contribution < -0.4 is 0 Å². The Morgan fingerprint density at radius 3 is 1.24 bits per heavy atom. The van der Waals surface area contributed by atoms with E-state index in [1.165, 1.54) is 44.9 Å². The van der Waals surface area contributed by atoms with Gasteiger partial charge in [-0.2, -0.15) is 0 Å². The number of carbonyl (C=O) groups is 2. The van der Waals surface area contributed by atoms with E-state index in [1.54, 1.807) is 0 Å². The molecule has 0 aliphatic rings. The van der Waals surface area contributed by atoms with E-state index in [1.807, 2.05) is 6.92 Å². The number of unbranched alkanes of at least 4 members (excludes halogenated alkanes) is 11. The summed E-state index contributed by atoms with van der Waals surface area (Å²) in [6.07, 6.45) is 14.7. The van der Waals surface area contributed by atoms with Gasteiger partial charge in [-0.15, -0.1) is 0 Å². The maximum atomic E-state index is 11.6. The Kier molecular flexibility index (Phi) is 19.3. The first-order valence-corrected chi connectivity index (χ1v) is 9.98. The molecule has 25 heavy (non-hydrogen) atoms. The molecular weight excluding hydrogens is 344 g/mol. The molecule has 0 radical (unpaired) electrons. The molecule has 0 bridgehead atoms. The van der Waals surface area contributed by atoms with E-state index >= 15 is 0 Å². The molecule has 0 atom stereocenters. The van der Waals surface area contributed by atoms with Crippen molar-refractivity contribution in [1.82, 2.24) is 0 Å². The van der Waals surface area contributed by atoms with Crippen molar-refractivity contribution >= 4 is 49.7 Å². The van der Waals surface area contributed by atoms with Gasteiger partial charge in [0.05, 0.1) is 0 Å². The average Bonchev–Trinajstić information content (AvgIpc) is 2.54. The number of hydrogen-bond donors (Lipinski definition) is 2. The minimum atomic E-state index is -1.57. The van der Waals surface area contributed by atoms with Crippen molar-refractivity contribution in [3.8, 4) is 0 Å². The van der Waals surface area contributed by atoms with Gasteiger partial charge in [0.25, 0.3) is 0 Å². The Morgan fingerprint density at radius 2 is 0.880 bits per heavy atom. The molecule has 2 N–H and O–H groups in total. The van der Waals surface area contributed by atoms with E-state index in [0.29, 0.717) is 12.8 Å². The van der Waals surface area contributed by atoms with Crippen molar-refractivity contribution in [2.45, 2.75) is 110 Å². The number of rotatable bonds is 17. The summed E-state index contributed by atoms with van der Waals surface area (Å²) in [6, 6.07) is 0. The molecule has 0 saturated carbocycles. The zero-order valence-corrected chi connectivity index (χ0v) is 15.8. The molecule has 0 aromatic carbocycles. The standard InChI is InChI=1S/C20H38O4.Ca.2H/c1-3-5-7-8-9-10-11-12-13-15-17-20(18(21)22,19(23)24)16-14-6-4-2;;;/h3-17H2,1-2H3,(H,21,22)(H,23,24);;;. The van der Waals surface area contributed by atoms with Crippen LogP contribution in [0, 0.1) is 5.41 Å². The molecule has 0 rings (SSSR count). The van der Waals surface area contributed by atoms with E-state index in [9.17, 15) is 19.8 Å². The van der Waals surface area contributed by atoms with Crippen LogP contribution in [-0.2, 0) is 9.59 Å². The second kappa shape index (κ2) is 17.6. The molecule has 0 heterocycles. The maximum absolute atomic E-state index is 11.6. The zero-order valence-electron chi connectivity index (χ0n) is 15.8. The fourth-order valence-corrected chi connectivity index (χ4v) is 3.24. The molecular formula is C20H40CaO4. The molecule has 0 aliphatic heterocycles. The predicted octanol–water partition coefficient (Wildman–Crippen LogP) is 5.12. The summed E-state index contributed by atoms with van der Waals surface area (Å²) in [5, 5.41) is 18.9. The summed E-state index contributed by atoms with van der Waals surface area (Å²) in [6.45, 7) is 4.25. The first-order valence-electron chi connectivity index (χ1n) is 9.98. The van der Waals surface area contributed by atoms with Crippen LogP contribution in [0.4, 0.5) is 0 Å². The summed E-state index contributed by atoms with van der Waals surface area (Å²) >= 11 is 0. The van der Waals surface area contributed by atoms with Gasteiger partial charge < -0.3 is 10.2 Å². The summed E-state index contributed by atoms with van der Waals surface area (Å²) in [7, 11) is 0. The van der Waals surface area contributed by atoms with Crippen LogP contribution in [0.2, 0.25) is 0 Å². The van der Waals surface area contributed by atoms with Crippen molar-refractivity contribution in [3.63, 3.8) is 0 Å². The van der Waals surface area contributed by atoms with E-state index in [0.717, 1.165) is 25.7 Å². The number of hydrogen-bond acceptors (Lipinski definition) is 2. The first kappa shape index (κ1) is 27.4. The van der Waals surface area contributed by atoms with E-state index in [-0.39, 0.29) is 50.6 Å². The summed E-state index contributed by atoms with van der Waals surface area (Å²) in [5.41, 5.74) is -1.57. The van der Waals surface area contributed by atoms with Crippen LogP contribution in [0.3, 0.4) is 0 Å². The van der Waals surface area contributed by atoms with Crippen molar-refractivity contribution < 1.29 is 19.8 Å². The third-order valence-electron chi connectivity index (χ3n) is 4.98. The van der Waals surface area contributed by atoms with Crippen molar-refractivity contribution in [3.05, 3.63) is 0 Å². The third-order valence-corrected chi connectivity index (χ3v) is 4.98. The van der Waals surface area contributed by atoms with Gasteiger partial charge in [0.1, 0.15) is 0 Å². The fraction of sp³-hybridized carbons (Fsp3) is 0.900. The molecule has 5 heteroatoms. The topological polar surface area (TPSA) is 74.6 Å². The van der Waals surface area contributed by atoms with Gasteiger partial charge in [-0.05, 0) is 12.8 Å². The van der Waals surface area contributed by atoms with Crippen molar-refractivity contribution in [1.29, 1.82) is 0 Å². The van der Waals surface area contributed by atoms with Crippen LogP contribution in [0.25, 0.3) is 0 Å². The monoisotopic (exact) mass is 384 g/mol. The van der Waals surface area contributed by atoms with Crippen LogP contribution in [0.5, 0.6) is 0 Å². The Morgan fingerprint density at radius 1 is 0.600 bits per heavy atom. The number of carboxylic acid groups (broad SMARTS) is 2. The van der Waals surface area contributed by atoms with Gasteiger partial charge in [0, 0.05) is 0 Å². The molecule has 146 valence electrons. The quantitative estimate of drug-likeness (QED) is 0.207. The van der Waals surface area contributed by atoms with Gasteiger partial charge in [0.2, 0.25) is 0 Å². The van der Waals surface area contributed by atoms with Gasteiger partial charge in [-0.3, -0.25) is 9.59 Å². The molecule has 0 amide bonds. The zero-order chi connectivity index (χ0) is 18.3. The minimum absolute atomic E-state index is 0. The summed E-state index contributed by atoms with van der Waals surface area (Å²) in [5.74, 6) is -2.33. The van der Waals surface area contributed by atoms with Gasteiger partial charge >= 0.3 is 49.7 Å². The molecule has 0 aromatic heterocycles. The normalized spacial score (nSPS) is 11.1. The van der Waals surface area contributed by atoms with Crippen LogP contribution >= 0.6 is 0 Å². The Hall–Kier alpha value is 0.200. The second-order valence-electron chi connectivity index (χ2n) is 7.08. The second-order valence-corrected chi connectivity index (χ2v) is 7.08. The number of carboxylic acids is 2. The molecule has 0 saturated heterocycles. The van der Waals surface area contributed by atoms with Crippen molar-refractivity contribution in [2.75, 3.05) is 0 Å². The molecule has 0 aliphatic carbocycles. The Labute approximate surface area is 184 Å². The third kappa shape index (κ3) is 12.3. The van der Waals surface area contributed by atoms with E-state index in [2.05, 4.69) is 6.92 Å². The van der Waals surface area contributed by atoms with Gasteiger partial charge in [-0.1, -0.05) is 97.3 Å². The summed E-state index contributed by atoms with van der Waals surface area (Å²) < 4.78 is 0. The van der Waals surface area contributed by atoms with Crippen molar-refractivity contribution in [2.24, 2.45) is 5.41 Å². The fourth-order valence-electron chi connectivity index (χ4n) is 3.24. The van der Waals surface area contributed by atoms with Crippen LogP contribution in [0.15, 0.2) is 0 Å². The summed E-state index contributed by atoms with van der Waals surface area (Å²) in [4.78, 5) is 23.1. The number of aliphatic carboxylic acids is 2. The molecule has 4 nitrogen and oxygen atoms in total.